The van der Waals surface area contributed by atoms with Crippen molar-refractivity contribution >= 4 is 15.7 Å². The van der Waals surface area contributed by atoms with E-state index in [-0.39, 0.29) is 12.4 Å². The summed E-state index contributed by atoms with van der Waals surface area (Å²) in [7, 11) is -3.25. The molecule has 0 heterocycles. The van der Waals surface area contributed by atoms with E-state index >= 15 is 0 Å². The molecule has 0 unspecified atom stereocenters. The van der Waals surface area contributed by atoms with Crippen LogP contribution in [0.2, 0.25) is 0 Å². The van der Waals surface area contributed by atoms with Gasteiger partial charge in [-0.3, -0.25) is 0 Å². The van der Waals surface area contributed by atoms with Crippen molar-refractivity contribution in [2.24, 2.45) is 0 Å². The second-order valence-corrected chi connectivity index (χ2v) is 6.62. The lowest BCUT2D eigenvalue weighted by molar-refractivity contribution is 0.340. The Morgan fingerprint density at radius 1 is 1.15 bits per heavy atom. The van der Waals surface area contributed by atoms with Crippen molar-refractivity contribution < 1.29 is 13.2 Å². The zero-order valence-electron chi connectivity index (χ0n) is 12.0. The molecule has 0 atom stereocenters. The van der Waals surface area contributed by atoms with Crippen molar-refractivity contribution in [3.63, 3.8) is 0 Å². The summed E-state index contributed by atoms with van der Waals surface area (Å²) in [6.45, 7) is 2.76. The van der Waals surface area contributed by atoms with Crippen LogP contribution in [0.15, 0.2) is 24.3 Å². The minimum absolute atomic E-state index is 0.0366. The van der Waals surface area contributed by atoms with E-state index < -0.39 is 10.0 Å². The van der Waals surface area contributed by atoms with Crippen LogP contribution in [-0.4, -0.2) is 27.3 Å². The molecular weight excluding hydrogens is 276 g/mol. The maximum Gasteiger partial charge on any atom is 0.214 e. The molecule has 0 saturated carbocycles. The van der Waals surface area contributed by atoms with E-state index in [0.717, 1.165) is 25.7 Å². The number of sulfonamides is 1. The Bertz CT molecular complexity index is 472. The molecule has 20 heavy (non-hydrogen) atoms. The third kappa shape index (κ3) is 7.35. The highest BCUT2D eigenvalue weighted by Crippen LogP contribution is 2.12. The number of benzene rings is 1. The molecule has 114 valence electrons. The largest absolute Gasteiger partial charge is 0.492 e. The summed E-state index contributed by atoms with van der Waals surface area (Å²) in [4.78, 5) is 0. The van der Waals surface area contributed by atoms with Gasteiger partial charge in [-0.05, 0) is 30.7 Å². The molecule has 0 aliphatic heterocycles. The molecule has 1 rings (SSSR count). The van der Waals surface area contributed by atoms with E-state index in [1.807, 2.05) is 0 Å². The molecule has 0 bridgehead atoms. The van der Waals surface area contributed by atoms with Crippen LogP contribution in [0.25, 0.3) is 0 Å². The van der Waals surface area contributed by atoms with E-state index in [2.05, 4.69) is 11.6 Å². The van der Waals surface area contributed by atoms with Gasteiger partial charge in [0.05, 0.1) is 5.75 Å². The van der Waals surface area contributed by atoms with Gasteiger partial charge in [0.15, 0.2) is 0 Å². The number of nitrogens with one attached hydrogen (secondary N) is 1. The number of anilines is 1. The van der Waals surface area contributed by atoms with E-state index in [0.29, 0.717) is 18.0 Å². The molecular formula is C14H24N2O3S. The second kappa shape index (κ2) is 8.81. The Balaban J connectivity index is 2.20. The number of ether oxygens (including phenoxy) is 1. The van der Waals surface area contributed by atoms with Gasteiger partial charge in [0.1, 0.15) is 12.4 Å². The van der Waals surface area contributed by atoms with Gasteiger partial charge in [-0.2, -0.15) is 0 Å². The fourth-order valence-corrected chi connectivity index (χ4v) is 2.59. The molecule has 0 fully saturated rings. The summed E-state index contributed by atoms with van der Waals surface area (Å²) in [5.41, 5.74) is 6.20. The van der Waals surface area contributed by atoms with Crippen LogP contribution < -0.4 is 15.2 Å². The lowest BCUT2D eigenvalue weighted by atomic mass is 10.2. The van der Waals surface area contributed by atoms with Gasteiger partial charge in [-0.1, -0.05) is 26.2 Å². The molecule has 6 heteroatoms. The normalized spacial score (nSPS) is 11.4. The van der Waals surface area contributed by atoms with Crippen molar-refractivity contribution in [2.45, 2.75) is 32.6 Å². The van der Waals surface area contributed by atoms with Crippen molar-refractivity contribution in [1.29, 1.82) is 0 Å². The fraction of sp³-hybridized carbons (Fsp3) is 0.571. The molecule has 5 nitrogen and oxygen atoms in total. The molecule has 0 radical (unpaired) electrons. The van der Waals surface area contributed by atoms with Crippen molar-refractivity contribution in [2.75, 3.05) is 24.6 Å². The SMILES string of the molecule is CCCCCCNS(=O)(=O)CCOc1ccc(N)cc1. The Kier molecular flexibility index (Phi) is 7.40. The quantitative estimate of drug-likeness (QED) is 0.512. The maximum absolute atomic E-state index is 11.7. The summed E-state index contributed by atoms with van der Waals surface area (Å²) in [6.07, 6.45) is 4.22. The molecule has 0 aliphatic rings. The van der Waals surface area contributed by atoms with Crippen LogP contribution in [-0.2, 0) is 10.0 Å². The van der Waals surface area contributed by atoms with Crippen molar-refractivity contribution in [1.82, 2.24) is 4.72 Å². The zero-order chi connectivity index (χ0) is 14.8. The Hall–Kier alpha value is -1.27. The third-order valence-electron chi connectivity index (χ3n) is 2.85. The van der Waals surface area contributed by atoms with E-state index in [9.17, 15) is 8.42 Å². The molecule has 0 amide bonds. The van der Waals surface area contributed by atoms with Gasteiger partial charge in [0, 0.05) is 12.2 Å². The molecule has 1 aromatic carbocycles. The Morgan fingerprint density at radius 2 is 1.85 bits per heavy atom. The van der Waals surface area contributed by atoms with Crippen LogP contribution in [0.1, 0.15) is 32.6 Å². The van der Waals surface area contributed by atoms with Gasteiger partial charge in [0.2, 0.25) is 10.0 Å². The third-order valence-corrected chi connectivity index (χ3v) is 4.20. The molecule has 0 spiro atoms. The lowest BCUT2D eigenvalue weighted by Crippen LogP contribution is -2.29. The number of hydrogen-bond donors (Lipinski definition) is 2. The standard InChI is InChI=1S/C14H24N2O3S/c1-2-3-4-5-10-16-20(17,18)12-11-19-14-8-6-13(15)7-9-14/h6-9,16H,2-5,10-12,15H2,1H3. The summed E-state index contributed by atoms with van der Waals surface area (Å²) >= 11 is 0. The van der Waals surface area contributed by atoms with Gasteiger partial charge >= 0.3 is 0 Å². The number of unbranched alkanes of at least 4 members (excludes halogenated alkanes) is 3. The monoisotopic (exact) mass is 300 g/mol. The number of hydrogen-bond acceptors (Lipinski definition) is 4. The average Bonchev–Trinajstić information content (AvgIpc) is 2.40. The van der Waals surface area contributed by atoms with E-state index in [1.165, 1.54) is 0 Å². The zero-order valence-corrected chi connectivity index (χ0v) is 12.8. The van der Waals surface area contributed by atoms with Crippen LogP contribution >= 0.6 is 0 Å². The van der Waals surface area contributed by atoms with Crippen LogP contribution in [0.4, 0.5) is 5.69 Å². The predicted octanol–water partition coefficient (Wildman–Crippen LogP) is 2.15. The van der Waals surface area contributed by atoms with Crippen molar-refractivity contribution in [3.8, 4) is 5.75 Å². The average molecular weight is 300 g/mol. The summed E-state index contributed by atoms with van der Waals surface area (Å²) in [6, 6.07) is 6.88. The number of rotatable bonds is 10. The van der Waals surface area contributed by atoms with Gasteiger partial charge in [-0.25, -0.2) is 13.1 Å². The highest BCUT2D eigenvalue weighted by molar-refractivity contribution is 7.89. The Labute approximate surface area is 121 Å². The molecule has 1 aromatic rings. The van der Waals surface area contributed by atoms with Crippen LogP contribution in [0.5, 0.6) is 5.75 Å². The van der Waals surface area contributed by atoms with E-state index in [4.69, 9.17) is 10.5 Å². The number of nitrogens with two attached hydrogens (primary N) is 1. The fourth-order valence-electron chi connectivity index (χ4n) is 1.68. The van der Waals surface area contributed by atoms with Gasteiger partial charge < -0.3 is 10.5 Å². The predicted molar refractivity (Wildman–Crippen MR) is 82.3 cm³/mol. The lowest BCUT2D eigenvalue weighted by Gasteiger charge is -2.08. The molecule has 0 aromatic heterocycles. The summed E-state index contributed by atoms with van der Waals surface area (Å²) < 4.78 is 31.3. The second-order valence-electron chi connectivity index (χ2n) is 4.69. The topological polar surface area (TPSA) is 81.4 Å². The first kappa shape index (κ1) is 16.8. The van der Waals surface area contributed by atoms with Crippen molar-refractivity contribution in [3.05, 3.63) is 24.3 Å². The summed E-state index contributed by atoms with van der Waals surface area (Å²) in [5, 5.41) is 0. The first-order valence-electron chi connectivity index (χ1n) is 6.99. The first-order chi connectivity index (χ1) is 9.53. The smallest absolute Gasteiger partial charge is 0.214 e. The minimum Gasteiger partial charge on any atom is -0.492 e. The molecule has 0 saturated heterocycles. The maximum atomic E-state index is 11.7. The van der Waals surface area contributed by atoms with Crippen LogP contribution in [0.3, 0.4) is 0 Å². The van der Waals surface area contributed by atoms with E-state index in [1.54, 1.807) is 24.3 Å². The highest BCUT2D eigenvalue weighted by Gasteiger charge is 2.09. The number of nitrogen functional groups attached to an aromatic ring is 1. The molecule has 3 N–H and O–H groups in total. The minimum atomic E-state index is -3.25. The van der Waals surface area contributed by atoms with Gasteiger partial charge in [0.25, 0.3) is 0 Å². The molecule has 0 aliphatic carbocycles. The Morgan fingerprint density at radius 3 is 2.50 bits per heavy atom. The van der Waals surface area contributed by atoms with Crippen LogP contribution in [0, 0.1) is 0 Å². The summed E-state index contributed by atoms with van der Waals surface area (Å²) in [5.74, 6) is 0.586. The highest BCUT2D eigenvalue weighted by atomic mass is 32.2. The van der Waals surface area contributed by atoms with Gasteiger partial charge in [-0.15, -0.1) is 0 Å². The first-order valence-corrected chi connectivity index (χ1v) is 8.64.